The standard InChI is InChI=1S/C37H39ClN4O3/c1-4-30-23-41(21-27-11-9-10-14-35(27)45-30)22-28-19-26(16-15-25(28)3)33(20-29(43)24-44-31-12-7-6-8-13-31)32-17-18-34-37(36(32)38)39-40-42(34)5-2/h6-19,30,33H,4-5,20-24H2,1-3H3/t30-,33-/m1/s1. The number of aromatic nitrogens is 3. The van der Waals surface area contributed by atoms with Gasteiger partial charge in [0.05, 0.1) is 10.5 Å². The highest BCUT2D eigenvalue weighted by atomic mass is 35.5. The molecule has 1 aliphatic heterocycles. The lowest BCUT2D eigenvalue weighted by Crippen LogP contribution is -2.32. The van der Waals surface area contributed by atoms with E-state index in [1.54, 1.807) is 0 Å². The zero-order valence-corrected chi connectivity index (χ0v) is 26.8. The summed E-state index contributed by atoms with van der Waals surface area (Å²) in [6.07, 6.45) is 1.29. The summed E-state index contributed by atoms with van der Waals surface area (Å²) < 4.78 is 14.0. The number of benzene rings is 4. The molecule has 0 N–H and O–H groups in total. The maximum Gasteiger partial charge on any atom is 0.171 e. The van der Waals surface area contributed by atoms with Gasteiger partial charge in [-0.25, -0.2) is 4.68 Å². The van der Waals surface area contributed by atoms with Gasteiger partial charge in [0.1, 0.15) is 29.7 Å². The average molecular weight is 623 g/mol. The van der Waals surface area contributed by atoms with Gasteiger partial charge >= 0.3 is 0 Å². The lowest BCUT2D eigenvalue weighted by atomic mass is 9.85. The van der Waals surface area contributed by atoms with Crippen LogP contribution < -0.4 is 9.47 Å². The molecule has 0 radical (unpaired) electrons. The monoisotopic (exact) mass is 622 g/mol. The number of carbonyl (C=O) groups excluding carboxylic acids is 1. The minimum atomic E-state index is -0.281. The molecule has 0 aliphatic carbocycles. The molecular formula is C37H39ClN4O3. The summed E-state index contributed by atoms with van der Waals surface area (Å²) in [5.74, 6) is 1.35. The third kappa shape index (κ3) is 6.90. The fraction of sp³-hybridized carbons (Fsp3) is 0.324. The van der Waals surface area contributed by atoms with Gasteiger partial charge in [0.25, 0.3) is 0 Å². The molecule has 45 heavy (non-hydrogen) atoms. The van der Waals surface area contributed by atoms with Crippen molar-refractivity contribution in [2.24, 2.45) is 0 Å². The summed E-state index contributed by atoms with van der Waals surface area (Å²) >= 11 is 7.06. The Morgan fingerprint density at radius 1 is 1.04 bits per heavy atom. The Labute approximate surface area is 269 Å². The minimum absolute atomic E-state index is 0.00795. The van der Waals surface area contributed by atoms with Crippen LogP contribution in [0.4, 0.5) is 0 Å². The number of hydrogen-bond donors (Lipinski definition) is 0. The van der Waals surface area contributed by atoms with Crippen LogP contribution in [0.2, 0.25) is 5.02 Å². The van der Waals surface area contributed by atoms with Crippen LogP contribution >= 0.6 is 11.6 Å². The first-order chi connectivity index (χ1) is 21.9. The number of rotatable bonds is 11. The van der Waals surface area contributed by atoms with Crippen molar-refractivity contribution in [2.75, 3.05) is 13.2 Å². The van der Waals surface area contributed by atoms with Gasteiger partial charge in [-0.2, -0.15) is 0 Å². The number of carbonyl (C=O) groups is 1. The summed E-state index contributed by atoms with van der Waals surface area (Å²) in [4.78, 5) is 15.9. The van der Waals surface area contributed by atoms with Crippen LogP contribution in [0, 0.1) is 6.92 Å². The van der Waals surface area contributed by atoms with Crippen molar-refractivity contribution >= 4 is 28.4 Å². The van der Waals surface area contributed by atoms with Crippen LogP contribution in [0.3, 0.4) is 0 Å². The Morgan fingerprint density at radius 3 is 2.64 bits per heavy atom. The molecule has 6 rings (SSSR count). The summed E-state index contributed by atoms with van der Waals surface area (Å²) in [5, 5.41) is 9.19. The van der Waals surface area contributed by atoms with E-state index >= 15 is 0 Å². The smallest absolute Gasteiger partial charge is 0.171 e. The molecular weight excluding hydrogens is 584 g/mol. The van der Waals surface area contributed by atoms with Crippen LogP contribution in [0.1, 0.15) is 60.4 Å². The minimum Gasteiger partial charge on any atom is -0.489 e. The number of fused-ring (bicyclic) bond motifs is 2. The molecule has 1 aromatic heterocycles. The van der Waals surface area contributed by atoms with Gasteiger partial charge in [0.15, 0.2) is 5.78 Å². The number of nitrogens with zero attached hydrogens (tertiary/aromatic N) is 4. The van der Waals surface area contributed by atoms with Crippen molar-refractivity contribution in [2.45, 2.75) is 65.3 Å². The zero-order chi connectivity index (χ0) is 31.3. The molecule has 0 unspecified atom stereocenters. The van der Waals surface area contributed by atoms with E-state index < -0.39 is 0 Å². The molecule has 2 atom stereocenters. The van der Waals surface area contributed by atoms with Crippen LogP contribution in [0.5, 0.6) is 11.5 Å². The second-order valence-corrected chi connectivity index (χ2v) is 12.1. The van der Waals surface area contributed by atoms with Crippen molar-refractivity contribution < 1.29 is 14.3 Å². The van der Waals surface area contributed by atoms with Crippen molar-refractivity contribution in [1.82, 2.24) is 19.9 Å². The third-order valence-electron chi connectivity index (χ3n) is 8.65. The van der Waals surface area contributed by atoms with Crippen molar-refractivity contribution in [3.63, 3.8) is 0 Å². The number of hydrogen-bond acceptors (Lipinski definition) is 6. The Bertz CT molecular complexity index is 1790. The van der Waals surface area contributed by atoms with Crippen LogP contribution in [-0.2, 0) is 24.4 Å². The number of halogens is 1. The Kier molecular flexibility index (Phi) is 9.47. The van der Waals surface area contributed by atoms with E-state index in [2.05, 4.69) is 65.5 Å². The predicted octanol–water partition coefficient (Wildman–Crippen LogP) is 7.76. The number of aryl methyl sites for hydroxylation is 2. The van der Waals surface area contributed by atoms with Gasteiger partial charge in [-0.05, 0) is 66.8 Å². The van der Waals surface area contributed by atoms with Gasteiger partial charge in [0.2, 0.25) is 0 Å². The average Bonchev–Trinajstić information content (AvgIpc) is 3.40. The fourth-order valence-corrected chi connectivity index (χ4v) is 6.44. The van der Waals surface area contributed by atoms with Crippen molar-refractivity contribution in [3.05, 3.63) is 118 Å². The maximum atomic E-state index is 13.5. The largest absolute Gasteiger partial charge is 0.489 e. The van der Waals surface area contributed by atoms with E-state index in [1.165, 1.54) is 16.7 Å². The van der Waals surface area contributed by atoms with E-state index in [0.717, 1.165) is 48.4 Å². The molecule has 4 aromatic carbocycles. The molecule has 0 amide bonds. The molecule has 0 saturated heterocycles. The van der Waals surface area contributed by atoms with Gasteiger partial charge in [-0.15, -0.1) is 5.10 Å². The first kappa shape index (κ1) is 30.8. The topological polar surface area (TPSA) is 69.5 Å². The quantitative estimate of drug-likeness (QED) is 0.150. The Hall–Kier alpha value is -4.20. The SMILES string of the molecule is CC[C@@H]1CN(Cc2cc([C@@H](CC(=O)COc3ccccc3)c3ccc4c(nnn4CC)c3Cl)ccc2C)Cc2ccccc2O1. The number of Topliss-reactive ketones (excluding diaryl/α,β-unsaturated/α-hetero) is 1. The predicted molar refractivity (Wildman–Crippen MR) is 178 cm³/mol. The first-order valence-electron chi connectivity index (χ1n) is 15.7. The summed E-state index contributed by atoms with van der Waals surface area (Å²) in [6.45, 7) is 9.43. The van der Waals surface area contributed by atoms with E-state index in [1.807, 2.05) is 60.1 Å². The van der Waals surface area contributed by atoms with Crippen LogP contribution in [0.15, 0.2) is 84.9 Å². The van der Waals surface area contributed by atoms with Gasteiger partial charge in [0, 0.05) is 44.1 Å². The lowest BCUT2D eigenvalue weighted by Gasteiger charge is -2.25. The van der Waals surface area contributed by atoms with Gasteiger partial charge in [-0.1, -0.05) is 84.4 Å². The fourth-order valence-electron chi connectivity index (χ4n) is 6.11. The van der Waals surface area contributed by atoms with Gasteiger partial charge in [-0.3, -0.25) is 9.69 Å². The third-order valence-corrected chi connectivity index (χ3v) is 9.05. The molecule has 5 aromatic rings. The molecule has 2 heterocycles. The van der Waals surface area contributed by atoms with E-state index in [-0.39, 0.29) is 30.8 Å². The van der Waals surface area contributed by atoms with Gasteiger partial charge < -0.3 is 9.47 Å². The molecule has 0 spiro atoms. The van der Waals surface area contributed by atoms with Crippen LogP contribution in [-0.4, -0.2) is 44.9 Å². The summed E-state index contributed by atoms with van der Waals surface area (Å²) in [6, 6.07) is 28.3. The number of ether oxygens (including phenoxy) is 2. The molecule has 8 heteroatoms. The second-order valence-electron chi connectivity index (χ2n) is 11.8. The molecule has 7 nitrogen and oxygen atoms in total. The summed E-state index contributed by atoms with van der Waals surface area (Å²) in [5.41, 5.74) is 7.04. The number of ketones is 1. The Balaban J connectivity index is 1.32. The highest BCUT2D eigenvalue weighted by Gasteiger charge is 2.26. The normalized spacial score (nSPS) is 15.7. The maximum absolute atomic E-state index is 13.5. The molecule has 1 aliphatic rings. The molecule has 232 valence electrons. The van der Waals surface area contributed by atoms with E-state index in [4.69, 9.17) is 21.1 Å². The zero-order valence-electron chi connectivity index (χ0n) is 26.1. The molecule has 0 saturated carbocycles. The summed E-state index contributed by atoms with van der Waals surface area (Å²) in [7, 11) is 0. The first-order valence-corrected chi connectivity index (χ1v) is 16.1. The van der Waals surface area contributed by atoms with Crippen LogP contribution in [0.25, 0.3) is 11.0 Å². The van der Waals surface area contributed by atoms with E-state index in [0.29, 0.717) is 22.8 Å². The van der Waals surface area contributed by atoms with Crippen molar-refractivity contribution in [1.29, 1.82) is 0 Å². The number of para-hydroxylation sites is 2. The van der Waals surface area contributed by atoms with Crippen molar-refractivity contribution in [3.8, 4) is 11.5 Å². The highest BCUT2D eigenvalue weighted by Crippen LogP contribution is 2.38. The Morgan fingerprint density at radius 2 is 1.84 bits per heavy atom. The molecule has 0 fully saturated rings. The highest BCUT2D eigenvalue weighted by molar-refractivity contribution is 6.35. The van der Waals surface area contributed by atoms with E-state index in [9.17, 15) is 4.79 Å². The lowest BCUT2D eigenvalue weighted by molar-refractivity contribution is -0.121. The molecule has 0 bridgehead atoms. The second kappa shape index (κ2) is 13.8.